The van der Waals surface area contributed by atoms with E-state index in [-0.39, 0.29) is 17.7 Å². The lowest BCUT2D eigenvalue weighted by Crippen LogP contribution is -2.33. The standard InChI is InChI=1S/C15H18ClNO3/c1-9-7-10(5-6-13(9)16)14(18)17-8-11-3-2-4-12(11)15(19)20/h5-7,11-12H,2-4,8H2,1H3,(H,17,18)(H,19,20). The fourth-order valence-corrected chi connectivity index (χ4v) is 2.84. The molecule has 2 unspecified atom stereocenters. The molecule has 0 aliphatic heterocycles. The molecule has 0 saturated heterocycles. The van der Waals surface area contributed by atoms with Crippen LogP contribution in [0.1, 0.15) is 35.2 Å². The number of nitrogens with one attached hydrogen (secondary N) is 1. The SMILES string of the molecule is Cc1cc(C(=O)NCC2CCCC2C(=O)O)ccc1Cl. The van der Waals surface area contributed by atoms with Gasteiger partial charge in [-0.1, -0.05) is 18.0 Å². The second-order valence-electron chi connectivity index (χ2n) is 5.31. The van der Waals surface area contributed by atoms with E-state index in [0.29, 0.717) is 23.6 Å². The summed E-state index contributed by atoms with van der Waals surface area (Å²) in [4.78, 5) is 23.1. The zero-order valence-electron chi connectivity index (χ0n) is 11.4. The fourth-order valence-electron chi connectivity index (χ4n) is 2.72. The maximum atomic E-state index is 12.0. The molecule has 1 aromatic carbocycles. The van der Waals surface area contributed by atoms with Crippen LogP contribution >= 0.6 is 11.6 Å². The van der Waals surface area contributed by atoms with Crippen molar-refractivity contribution in [1.82, 2.24) is 5.32 Å². The van der Waals surface area contributed by atoms with E-state index < -0.39 is 5.97 Å². The molecule has 2 N–H and O–H groups in total. The fraction of sp³-hybridized carbons (Fsp3) is 0.467. The number of carbonyl (C=O) groups excluding carboxylic acids is 1. The van der Waals surface area contributed by atoms with Crippen molar-refractivity contribution >= 4 is 23.5 Å². The number of hydrogen-bond acceptors (Lipinski definition) is 2. The van der Waals surface area contributed by atoms with Crippen molar-refractivity contribution in [2.75, 3.05) is 6.54 Å². The van der Waals surface area contributed by atoms with Gasteiger partial charge in [0, 0.05) is 17.1 Å². The molecule has 2 atom stereocenters. The Balaban J connectivity index is 1.95. The smallest absolute Gasteiger partial charge is 0.306 e. The normalized spacial score (nSPS) is 21.7. The van der Waals surface area contributed by atoms with Crippen molar-refractivity contribution in [3.05, 3.63) is 34.3 Å². The Kier molecular flexibility index (Phi) is 4.65. The lowest BCUT2D eigenvalue weighted by atomic mass is 9.96. The molecule has 0 heterocycles. The highest BCUT2D eigenvalue weighted by atomic mass is 35.5. The molecule has 20 heavy (non-hydrogen) atoms. The molecule has 108 valence electrons. The van der Waals surface area contributed by atoms with E-state index in [9.17, 15) is 9.59 Å². The maximum Gasteiger partial charge on any atom is 0.306 e. The number of benzene rings is 1. The number of rotatable bonds is 4. The molecule has 0 radical (unpaired) electrons. The topological polar surface area (TPSA) is 66.4 Å². The average molecular weight is 296 g/mol. The second-order valence-corrected chi connectivity index (χ2v) is 5.72. The average Bonchev–Trinajstić information content (AvgIpc) is 2.87. The number of carboxylic acids is 1. The van der Waals surface area contributed by atoms with Gasteiger partial charge in [-0.2, -0.15) is 0 Å². The zero-order valence-corrected chi connectivity index (χ0v) is 12.1. The van der Waals surface area contributed by atoms with Crippen LogP contribution in [0, 0.1) is 18.8 Å². The summed E-state index contributed by atoms with van der Waals surface area (Å²) in [6, 6.07) is 5.11. The number of aliphatic carboxylic acids is 1. The molecule has 0 bridgehead atoms. The van der Waals surface area contributed by atoms with Crippen LogP contribution in [0.3, 0.4) is 0 Å². The van der Waals surface area contributed by atoms with Crippen molar-refractivity contribution in [1.29, 1.82) is 0 Å². The number of carboxylic acid groups (broad SMARTS) is 1. The minimum absolute atomic E-state index is 0.0323. The Hall–Kier alpha value is -1.55. The summed E-state index contributed by atoms with van der Waals surface area (Å²) < 4.78 is 0. The number of halogens is 1. The maximum absolute atomic E-state index is 12.0. The van der Waals surface area contributed by atoms with Gasteiger partial charge >= 0.3 is 5.97 Å². The van der Waals surface area contributed by atoms with Gasteiger partial charge in [0.05, 0.1) is 5.92 Å². The predicted molar refractivity (Wildman–Crippen MR) is 77.0 cm³/mol. The molecule has 1 aromatic rings. The van der Waals surface area contributed by atoms with Crippen LogP contribution in [-0.4, -0.2) is 23.5 Å². The predicted octanol–water partition coefficient (Wildman–Crippen LogP) is 2.88. The summed E-state index contributed by atoms with van der Waals surface area (Å²) >= 11 is 5.92. The largest absolute Gasteiger partial charge is 0.481 e. The Morgan fingerprint density at radius 1 is 1.40 bits per heavy atom. The Morgan fingerprint density at radius 2 is 2.15 bits per heavy atom. The number of carbonyl (C=O) groups is 2. The van der Waals surface area contributed by atoms with E-state index in [1.807, 2.05) is 6.92 Å². The molecule has 0 aromatic heterocycles. The molecule has 2 rings (SSSR count). The third-order valence-electron chi connectivity index (χ3n) is 3.92. The van der Waals surface area contributed by atoms with E-state index in [4.69, 9.17) is 16.7 Å². The summed E-state index contributed by atoms with van der Waals surface area (Å²) in [7, 11) is 0. The van der Waals surface area contributed by atoms with Crippen LogP contribution in [0.5, 0.6) is 0 Å². The van der Waals surface area contributed by atoms with Gasteiger partial charge in [-0.15, -0.1) is 0 Å². The molecule has 1 amide bonds. The van der Waals surface area contributed by atoms with E-state index in [0.717, 1.165) is 18.4 Å². The summed E-state index contributed by atoms with van der Waals surface area (Å²) in [6.07, 6.45) is 2.48. The lowest BCUT2D eigenvalue weighted by molar-refractivity contribution is -0.142. The highest BCUT2D eigenvalue weighted by molar-refractivity contribution is 6.31. The first kappa shape index (κ1) is 14.9. The van der Waals surface area contributed by atoms with E-state index in [1.165, 1.54) is 0 Å². The molecule has 5 heteroatoms. The van der Waals surface area contributed by atoms with Gasteiger partial charge in [0.25, 0.3) is 5.91 Å². The van der Waals surface area contributed by atoms with Gasteiger partial charge in [-0.3, -0.25) is 9.59 Å². The molecule has 1 fully saturated rings. The molecule has 4 nitrogen and oxygen atoms in total. The molecule has 1 saturated carbocycles. The van der Waals surface area contributed by atoms with E-state index >= 15 is 0 Å². The first-order valence-electron chi connectivity index (χ1n) is 6.76. The Morgan fingerprint density at radius 3 is 2.80 bits per heavy atom. The molecular weight excluding hydrogens is 278 g/mol. The third-order valence-corrected chi connectivity index (χ3v) is 4.35. The first-order valence-corrected chi connectivity index (χ1v) is 7.14. The lowest BCUT2D eigenvalue weighted by Gasteiger charge is -2.16. The quantitative estimate of drug-likeness (QED) is 0.897. The Bertz CT molecular complexity index is 530. The van der Waals surface area contributed by atoms with Gasteiger partial charge in [0.15, 0.2) is 0 Å². The minimum atomic E-state index is -0.760. The Labute approximate surface area is 123 Å². The van der Waals surface area contributed by atoms with Crippen LogP contribution < -0.4 is 5.32 Å². The van der Waals surface area contributed by atoms with Crippen molar-refractivity contribution < 1.29 is 14.7 Å². The van der Waals surface area contributed by atoms with Gasteiger partial charge in [0.2, 0.25) is 0 Å². The highest BCUT2D eigenvalue weighted by Gasteiger charge is 2.32. The van der Waals surface area contributed by atoms with Gasteiger partial charge in [-0.05, 0) is 49.4 Å². The number of amides is 1. The summed E-state index contributed by atoms with van der Waals surface area (Å²) in [5.74, 6) is -1.24. The highest BCUT2D eigenvalue weighted by Crippen LogP contribution is 2.31. The minimum Gasteiger partial charge on any atom is -0.481 e. The van der Waals surface area contributed by atoms with Crippen LogP contribution in [0.15, 0.2) is 18.2 Å². The van der Waals surface area contributed by atoms with Crippen molar-refractivity contribution in [3.63, 3.8) is 0 Å². The summed E-state index contributed by atoms with van der Waals surface area (Å²) in [5.41, 5.74) is 1.40. The summed E-state index contributed by atoms with van der Waals surface area (Å²) in [6.45, 7) is 2.26. The van der Waals surface area contributed by atoms with Gasteiger partial charge in [0.1, 0.15) is 0 Å². The van der Waals surface area contributed by atoms with Gasteiger partial charge in [-0.25, -0.2) is 0 Å². The molecule has 1 aliphatic rings. The van der Waals surface area contributed by atoms with Crippen LogP contribution in [0.4, 0.5) is 0 Å². The van der Waals surface area contributed by atoms with Crippen LogP contribution in [0.25, 0.3) is 0 Å². The van der Waals surface area contributed by atoms with Crippen molar-refractivity contribution in [2.24, 2.45) is 11.8 Å². The van der Waals surface area contributed by atoms with E-state index in [2.05, 4.69) is 5.32 Å². The molecular formula is C15H18ClNO3. The van der Waals surface area contributed by atoms with Crippen LogP contribution in [-0.2, 0) is 4.79 Å². The van der Waals surface area contributed by atoms with E-state index in [1.54, 1.807) is 18.2 Å². The second kappa shape index (κ2) is 6.27. The van der Waals surface area contributed by atoms with Gasteiger partial charge < -0.3 is 10.4 Å². The zero-order chi connectivity index (χ0) is 14.7. The third kappa shape index (κ3) is 3.31. The first-order chi connectivity index (χ1) is 9.49. The summed E-state index contributed by atoms with van der Waals surface area (Å²) in [5, 5.41) is 12.6. The number of aryl methyl sites for hydroxylation is 1. The monoisotopic (exact) mass is 295 g/mol. The molecule has 1 aliphatic carbocycles. The van der Waals surface area contributed by atoms with Crippen molar-refractivity contribution in [3.8, 4) is 0 Å². The van der Waals surface area contributed by atoms with Crippen LogP contribution in [0.2, 0.25) is 5.02 Å². The number of hydrogen-bond donors (Lipinski definition) is 2. The molecule has 0 spiro atoms. The van der Waals surface area contributed by atoms with Crippen molar-refractivity contribution in [2.45, 2.75) is 26.2 Å².